The van der Waals surface area contributed by atoms with Crippen LogP contribution in [-0.2, 0) is 23.0 Å². The average Bonchev–Trinajstić information content (AvgIpc) is 3.20. The van der Waals surface area contributed by atoms with Crippen molar-refractivity contribution in [1.82, 2.24) is 19.6 Å². The zero-order valence-electron chi connectivity index (χ0n) is 20.5. The van der Waals surface area contributed by atoms with Crippen LogP contribution in [0.4, 0.5) is 0 Å². The molecular weight excluding hydrogens is 432 g/mol. The molecule has 0 N–H and O–H groups in total. The van der Waals surface area contributed by atoms with Gasteiger partial charge in [0.25, 0.3) is 5.91 Å². The first kappa shape index (κ1) is 24.3. The van der Waals surface area contributed by atoms with Gasteiger partial charge in [0.05, 0.1) is 18.9 Å². The van der Waals surface area contributed by atoms with E-state index in [9.17, 15) is 9.59 Å². The lowest BCUT2D eigenvalue weighted by molar-refractivity contribution is -0.137. The number of para-hydroxylation sites is 1. The number of aromatic nitrogens is 2. The van der Waals surface area contributed by atoms with E-state index in [0.717, 1.165) is 17.9 Å². The highest BCUT2D eigenvalue weighted by atomic mass is 16.5. The first-order valence-corrected chi connectivity index (χ1v) is 12.3. The van der Waals surface area contributed by atoms with Gasteiger partial charge in [-0.3, -0.25) is 14.3 Å². The van der Waals surface area contributed by atoms with Crippen molar-refractivity contribution in [3.05, 3.63) is 47.8 Å². The normalized spacial score (nSPS) is 21.1. The van der Waals surface area contributed by atoms with E-state index < -0.39 is 0 Å². The standard InChI is InChI=1S/C26H36N4O4/c1-19(2)15-21-17-23(28(3)27-21)26(32)30-10-9-24(34-22-7-5-4-6-8-22)20(18-30)16-25(31)29-11-13-33-14-12-29/h4-8,17,19-20,24H,9-16,18H2,1-3H3/t20-,24-/m0/s1. The number of hydrogen-bond donors (Lipinski definition) is 0. The Labute approximate surface area is 201 Å². The number of nitrogens with zero attached hydrogens (tertiary/aromatic N) is 4. The third-order valence-electron chi connectivity index (χ3n) is 6.55. The van der Waals surface area contributed by atoms with Crippen LogP contribution in [0.25, 0.3) is 0 Å². The predicted octanol–water partition coefficient (Wildman–Crippen LogP) is 2.78. The SMILES string of the molecule is CC(C)Cc1cc(C(=O)N2CC[C@H](Oc3ccccc3)[C@@H](CC(=O)N3CCOCC3)C2)n(C)n1. The number of aryl methyl sites for hydroxylation is 1. The highest BCUT2D eigenvalue weighted by Crippen LogP contribution is 2.27. The van der Waals surface area contributed by atoms with Gasteiger partial charge in [-0.15, -0.1) is 0 Å². The van der Waals surface area contributed by atoms with Gasteiger partial charge in [-0.2, -0.15) is 5.10 Å². The smallest absolute Gasteiger partial charge is 0.272 e. The monoisotopic (exact) mass is 468 g/mol. The Kier molecular flexibility index (Phi) is 7.88. The molecule has 3 heterocycles. The fourth-order valence-electron chi connectivity index (χ4n) is 4.79. The van der Waals surface area contributed by atoms with Crippen molar-refractivity contribution < 1.29 is 19.1 Å². The van der Waals surface area contributed by atoms with Crippen LogP contribution in [0.15, 0.2) is 36.4 Å². The second-order valence-electron chi connectivity index (χ2n) is 9.71. The number of piperidine rings is 1. The molecule has 2 atom stereocenters. The van der Waals surface area contributed by atoms with Crippen LogP contribution < -0.4 is 4.74 Å². The van der Waals surface area contributed by atoms with E-state index in [1.165, 1.54) is 0 Å². The molecule has 2 fully saturated rings. The van der Waals surface area contributed by atoms with Gasteiger partial charge >= 0.3 is 0 Å². The lowest BCUT2D eigenvalue weighted by atomic mass is 9.90. The Morgan fingerprint density at radius 2 is 1.85 bits per heavy atom. The molecule has 4 rings (SSSR count). The third-order valence-corrected chi connectivity index (χ3v) is 6.55. The second-order valence-corrected chi connectivity index (χ2v) is 9.71. The van der Waals surface area contributed by atoms with E-state index in [1.54, 1.807) is 4.68 Å². The summed E-state index contributed by atoms with van der Waals surface area (Å²) in [4.78, 5) is 30.2. The molecule has 0 bridgehead atoms. The molecule has 1 aromatic heterocycles. The summed E-state index contributed by atoms with van der Waals surface area (Å²) in [5, 5.41) is 4.54. The number of likely N-dealkylation sites (tertiary alicyclic amines) is 1. The molecule has 2 aromatic rings. The number of rotatable bonds is 7. The Balaban J connectivity index is 1.48. The van der Waals surface area contributed by atoms with Crippen molar-refractivity contribution in [1.29, 1.82) is 0 Å². The number of morpholine rings is 1. The molecule has 2 saturated heterocycles. The van der Waals surface area contributed by atoms with E-state index in [1.807, 2.05) is 53.2 Å². The minimum Gasteiger partial charge on any atom is -0.490 e. The largest absolute Gasteiger partial charge is 0.490 e. The van der Waals surface area contributed by atoms with E-state index in [4.69, 9.17) is 9.47 Å². The number of benzene rings is 1. The molecular formula is C26H36N4O4. The first-order chi connectivity index (χ1) is 16.4. The summed E-state index contributed by atoms with van der Waals surface area (Å²) in [5.74, 6) is 1.24. The summed E-state index contributed by atoms with van der Waals surface area (Å²) in [6.07, 6.45) is 1.74. The van der Waals surface area contributed by atoms with Crippen LogP contribution in [-0.4, -0.2) is 76.9 Å². The Hall–Kier alpha value is -2.87. The maximum atomic E-state index is 13.4. The van der Waals surface area contributed by atoms with Gasteiger partial charge in [0.15, 0.2) is 0 Å². The first-order valence-electron chi connectivity index (χ1n) is 12.3. The molecule has 0 saturated carbocycles. The predicted molar refractivity (Wildman–Crippen MR) is 129 cm³/mol. The zero-order valence-corrected chi connectivity index (χ0v) is 20.5. The topological polar surface area (TPSA) is 76.9 Å². The summed E-state index contributed by atoms with van der Waals surface area (Å²) in [5.41, 5.74) is 1.53. The molecule has 0 spiro atoms. The van der Waals surface area contributed by atoms with E-state index in [2.05, 4.69) is 18.9 Å². The fraction of sp³-hybridized carbons (Fsp3) is 0.577. The number of ether oxygens (including phenoxy) is 2. The van der Waals surface area contributed by atoms with Gasteiger partial charge in [0.1, 0.15) is 17.5 Å². The molecule has 0 aliphatic carbocycles. The van der Waals surface area contributed by atoms with E-state index >= 15 is 0 Å². The fourth-order valence-corrected chi connectivity index (χ4v) is 4.79. The van der Waals surface area contributed by atoms with E-state index in [0.29, 0.717) is 63.8 Å². The minimum atomic E-state index is -0.125. The van der Waals surface area contributed by atoms with Gasteiger partial charge in [0.2, 0.25) is 5.91 Å². The number of carbonyl (C=O) groups is 2. The van der Waals surface area contributed by atoms with Gasteiger partial charge in [-0.25, -0.2) is 0 Å². The molecule has 8 heteroatoms. The summed E-state index contributed by atoms with van der Waals surface area (Å²) >= 11 is 0. The lowest BCUT2D eigenvalue weighted by Gasteiger charge is -2.39. The van der Waals surface area contributed by atoms with Crippen molar-refractivity contribution in [3.63, 3.8) is 0 Å². The number of carbonyl (C=O) groups excluding carboxylic acids is 2. The maximum absolute atomic E-state index is 13.4. The Morgan fingerprint density at radius 1 is 1.12 bits per heavy atom. The average molecular weight is 469 g/mol. The summed E-state index contributed by atoms with van der Waals surface area (Å²) in [6, 6.07) is 11.6. The lowest BCUT2D eigenvalue weighted by Crippen LogP contribution is -2.50. The molecule has 2 aliphatic heterocycles. The van der Waals surface area contributed by atoms with Crippen LogP contribution in [0, 0.1) is 11.8 Å². The minimum absolute atomic E-state index is 0.0352. The van der Waals surface area contributed by atoms with Crippen LogP contribution in [0.5, 0.6) is 5.75 Å². The van der Waals surface area contributed by atoms with E-state index in [-0.39, 0.29) is 23.8 Å². The quantitative estimate of drug-likeness (QED) is 0.625. The Bertz CT molecular complexity index is 968. The van der Waals surface area contributed by atoms with Crippen LogP contribution in [0.2, 0.25) is 0 Å². The van der Waals surface area contributed by atoms with Gasteiger partial charge in [0, 0.05) is 52.0 Å². The van der Waals surface area contributed by atoms with Gasteiger partial charge < -0.3 is 19.3 Å². The third kappa shape index (κ3) is 5.97. The van der Waals surface area contributed by atoms with Crippen molar-refractivity contribution >= 4 is 11.8 Å². The van der Waals surface area contributed by atoms with Crippen molar-refractivity contribution in [3.8, 4) is 5.75 Å². The van der Waals surface area contributed by atoms with Crippen molar-refractivity contribution in [2.24, 2.45) is 18.9 Å². The zero-order chi connectivity index (χ0) is 24.1. The van der Waals surface area contributed by atoms with Crippen molar-refractivity contribution in [2.75, 3.05) is 39.4 Å². The molecule has 0 unspecified atom stereocenters. The van der Waals surface area contributed by atoms with Gasteiger partial charge in [-0.05, 0) is 30.5 Å². The number of amides is 2. The number of hydrogen-bond acceptors (Lipinski definition) is 5. The summed E-state index contributed by atoms with van der Waals surface area (Å²) in [6.45, 7) is 7.74. The molecule has 8 nitrogen and oxygen atoms in total. The van der Waals surface area contributed by atoms with Crippen LogP contribution in [0.3, 0.4) is 0 Å². The molecule has 184 valence electrons. The molecule has 2 aliphatic rings. The summed E-state index contributed by atoms with van der Waals surface area (Å²) < 4.78 is 13.4. The highest BCUT2D eigenvalue weighted by Gasteiger charge is 2.36. The molecule has 1 aromatic carbocycles. The second kappa shape index (κ2) is 11.0. The van der Waals surface area contributed by atoms with Crippen LogP contribution >= 0.6 is 0 Å². The molecule has 2 amide bonds. The highest BCUT2D eigenvalue weighted by molar-refractivity contribution is 5.92. The summed E-state index contributed by atoms with van der Waals surface area (Å²) in [7, 11) is 1.82. The van der Waals surface area contributed by atoms with Crippen LogP contribution in [0.1, 0.15) is 42.9 Å². The maximum Gasteiger partial charge on any atom is 0.272 e. The van der Waals surface area contributed by atoms with Crippen molar-refractivity contribution in [2.45, 2.75) is 39.2 Å². The van der Waals surface area contributed by atoms with Gasteiger partial charge in [-0.1, -0.05) is 32.0 Å². The molecule has 0 radical (unpaired) electrons. The Morgan fingerprint density at radius 3 is 2.56 bits per heavy atom. The molecule has 34 heavy (non-hydrogen) atoms.